The SMILES string of the molecule is CCc1ccccc1N(CC(=O)N(Cc1ccccc1C)[C@H](C)C(=O)NC1CCCCC1)S(=O)(=O)c1ccccc1. The number of hydrogen-bond donors (Lipinski definition) is 1. The minimum Gasteiger partial charge on any atom is -0.352 e. The van der Waals surface area contributed by atoms with Crippen LogP contribution in [-0.2, 0) is 32.6 Å². The van der Waals surface area contributed by atoms with Crippen molar-refractivity contribution in [3.8, 4) is 0 Å². The second-order valence-electron chi connectivity index (χ2n) is 10.8. The van der Waals surface area contributed by atoms with E-state index in [9.17, 15) is 18.0 Å². The molecule has 1 N–H and O–H groups in total. The number of amides is 2. The summed E-state index contributed by atoms with van der Waals surface area (Å²) in [6.45, 7) is 5.41. The Morgan fingerprint density at radius 3 is 2.15 bits per heavy atom. The van der Waals surface area contributed by atoms with Gasteiger partial charge in [0.15, 0.2) is 0 Å². The third-order valence-electron chi connectivity index (χ3n) is 7.97. The Morgan fingerprint density at radius 2 is 1.49 bits per heavy atom. The van der Waals surface area contributed by atoms with Crippen LogP contribution in [0.5, 0.6) is 0 Å². The molecule has 0 aliphatic heterocycles. The summed E-state index contributed by atoms with van der Waals surface area (Å²) >= 11 is 0. The maximum Gasteiger partial charge on any atom is 0.264 e. The number of nitrogens with zero attached hydrogens (tertiary/aromatic N) is 2. The number of carbonyl (C=O) groups excluding carboxylic acids is 2. The monoisotopic (exact) mass is 575 g/mol. The molecule has 0 bridgehead atoms. The first-order valence-corrected chi connectivity index (χ1v) is 16.0. The van der Waals surface area contributed by atoms with E-state index in [1.54, 1.807) is 37.3 Å². The van der Waals surface area contributed by atoms with Gasteiger partial charge in [0.1, 0.15) is 12.6 Å². The topological polar surface area (TPSA) is 86.8 Å². The van der Waals surface area contributed by atoms with E-state index in [4.69, 9.17) is 0 Å². The Hall–Kier alpha value is -3.65. The average molecular weight is 576 g/mol. The predicted molar refractivity (Wildman–Crippen MR) is 163 cm³/mol. The van der Waals surface area contributed by atoms with Gasteiger partial charge in [-0.15, -0.1) is 0 Å². The third-order valence-corrected chi connectivity index (χ3v) is 9.75. The highest BCUT2D eigenvalue weighted by Gasteiger charge is 2.34. The van der Waals surface area contributed by atoms with Gasteiger partial charge in [0.05, 0.1) is 10.6 Å². The van der Waals surface area contributed by atoms with E-state index in [2.05, 4.69) is 5.32 Å². The van der Waals surface area contributed by atoms with Crippen LogP contribution >= 0.6 is 0 Å². The van der Waals surface area contributed by atoms with Gasteiger partial charge >= 0.3 is 0 Å². The number of benzene rings is 3. The van der Waals surface area contributed by atoms with Crippen LogP contribution in [0.4, 0.5) is 5.69 Å². The number of aryl methyl sites for hydroxylation is 2. The molecule has 0 heterocycles. The Balaban J connectivity index is 1.70. The van der Waals surface area contributed by atoms with Crippen molar-refractivity contribution in [2.75, 3.05) is 10.8 Å². The number of hydrogen-bond acceptors (Lipinski definition) is 4. The molecule has 1 saturated carbocycles. The van der Waals surface area contributed by atoms with Crippen LogP contribution in [0, 0.1) is 6.92 Å². The first-order valence-electron chi connectivity index (χ1n) is 14.5. The summed E-state index contributed by atoms with van der Waals surface area (Å²) in [5.74, 6) is -0.657. The number of para-hydroxylation sites is 1. The lowest BCUT2D eigenvalue weighted by molar-refractivity contribution is -0.139. The van der Waals surface area contributed by atoms with Gasteiger partial charge < -0.3 is 10.2 Å². The van der Waals surface area contributed by atoms with Crippen molar-refractivity contribution in [2.24, 2.45) is 0 Å². The summed E-state index contributed by atoms with van der Waals surface area (Å²) < 4.78 is 29.2. The molecule has 1 aliphatic carbocycles. The minimum atomic E-state index is -4.08. The number of sulfonamides is 1. The fraction of sp³-hybridized carbons (Fsp3) is 0.394. The molecule has 0 aromatic heterocycles. The van der Waals surface area contributed by atoms with Crippen LogP contribution in [0.25, 0.3) is 0 Å². The second kappa shape index (κ2) is 13.8. The highest BCUT2D eigenvalue weighted by atomic mass is 32.2. The highest BCUT2D eigenvalue weighted by molar-refractivity contribution is 7.92. The van der Waals surface area contributed by atoms with Crippen LogP contribution in [0.3, 0.4) is 0 Å². The molecule has 7 nitrogen and oxygen atoms in total. The van der Waals surface area contributed by atoms with Crippen LogP contribution in [0.15, 0.2) is 83.8 Å². The van der Waals surface area contributed by atoms with Crippen LogP contribution < -0.4 is 9.62 Å². The quantitative estimate of drug-likeness (QED) is 0.322. The highest BCUT2D eigenvalue weighted by Crippen LogP contribution is 2.28. The molecule has 3 aromatic rings. The van der Waals surface area contributed by atoms with Crippen molar-refractivity contribution in [1.82, 2.24) is 10.2 Å². The zero-order valence-corrected chi connectivity index (χ0v) is 25.1. The zero-order valence-electron chi connectivity index (χ0n) is 24.3. The summed E-state index contributed by atoms with van der Waals surface area (Å²) in [4.78, 5) is 29.3. The van der Waals surface area contributed by atoms with Gasteiger partial charge in [-0.2, -0.15) is 0 Å². The summed E-state index contributed by atoms with van der Waals surface area (Å²) in [6.07, 6.45) is 5.79. The Kier molecular flexibility index (Phi) is 10.2. The number of rotatable bonds is 11. The first-order chi connectivity index (χ1) is 19.7. The molecule has 218 valence electrons. The molecule has 4 rings (SSSR count). The van der Waals surface area contributed by atoms with Crippen LogP contribution in [-0.4, -0.2) is 43.8 Å². The lowest BCUT2D eigenvalue weighted by Crippen LogP contribution is -2.53. The smallest absolute Gasteiger partial charge is 0.264 e. The van der Waals surface area contributed by atoms with Gasteiger partial charge in [0, 0.05) is 12.6 Å². The molecule has 0 saturated heterocycles. The molecule has 41 heavy (non-hydrogen) atoms. The fourth-order valence-corrected chi connectivity index (χ4v) is 6.88. The average Bonchev–Trinajstić information content (AvgIpc) is 3.00. The van der Waals surface area contributed by atoms with Crippen molar-refractivity contribution in [3.05, 3.63) is 95.6 Å². The minimum absolute atomic E-state index is 0.0977. The summed E-state index contributed by atoms with van der Waals surface area (Å²) in [6, 6.07) is 22.5. The number of carbonyl (C=O) groups is 2. The Bertz CT molecular complexity index is 1440. The first kappa shape index (κ1) is 30.3. The van der Waals surface area contributed by atoms with E-state index in [-0.39, 0.29) is 23.4 Å². The fourth-order valence-electron chi connectivity index (χ4n) is 5.41. The van der Waals surface area contributed by atoms with Gasteiger partial charge in [-0.05, 0) is 68.0 Å². The van der Waals surface area contributed by atoms with Crippen molar-refractivity contribution >= 4 is 27.5 Å². The molecule has 1 atom stereocenters. The molecule has 1 fully saturated rings. The number of anilines is 1. The lowest BCUT2D eigenvalue weighted by atomic mass is 9.95. The maximum absolute atomic E-state index is 14.2. The maximum atomic E-state index is 14.2. The largest absolute Gasteiger partial charge is 0.352 e. The van der Waals surface area contributed by atoms with E-state index in [1.165, 1.54) is 27.8 Å². The normalized spacial score (nSPS) is 14.7. The summed E-state index contributed by atoms with van der Waals surface area (Å²) in [7, 11) is -4.08. The van der Waals surface area contributed by atoms with E-state index in [0.29, 0.717) is 12.1 Å². The summed E-state index contributed by atoms with van der Waals surface area (Å²) in [5.41, 5.74) is 3.18. The van der Waals surface area contributed by atoms with Gasteiger partial charge in [-0.25, -0.2) is 8.42 Å². The third kappa shape index (κ3) is 7.36. The molecule has 2 amide bonds. The molecule has 0 unspecified atom stereocenters. The molecular formula is C33H41N3O4S. The van der Waals surface area contributed by atoms with Gasteiger partial charge in [0.2, 0.25) is 11.8 Å². The second-order valence-corrected chi connectivity index (χ2v) is 12.6. The van der Waals surface area contributed by atoms with Crippen LogP contribution in [0.2, 0.25) is 0 Å². The summed E-state index contributed by atoms with van der Waals surface area (Å²) in [5, 5.41) is 3.15. The molecule has 1 aliphatic rings. The van der Waals surface area contributed by atoms with Gasteiger partial charge in [-0.1, -0.05) is 86.8 Å². The van der Waals surface area contributed by atoms with E-state index < -0.39 is 28.5 Å². The zero-order chi connectivity index (χ0) is 29.4. The number of nitrogens with one attached hydrogen (secondary N) is 1. The van der Waals surface area contributed by atoms with Crippen molar-refractivity contribution < 1.29 is 18.0 Å². The van der Waals surface area contributed by atoms with E-state index in [0.717, 1.165) is 42.4 Å². The Labute approximate surface area is 244 Å². The Morgan fingerprint density at radius 1 is 0.878 bits per heavy atom. The van der Waals surface area contributed by atoms with Crippen molar-refractivity contribution in [3.63, 3.8) is 0 Å². The van der Waals surface area contributed by atoms with Crippen LogP contribution in [0.1, 0.15) is 62.6 Å². The molecule has 8 heteroatoms. The van der Waals surface area contributed by atoms with Crippen molar-refractivity contribution in [1.29, 1.82) is 0 Å². The predicted octanol–water partition coefficient (Wildman–Crippen LogP) is 5.62. The van der Waals surface area contributed by atoms with Gasteiger partial charge in [-0.3, -0.25) is 13.9 Å². The lowest BCUT2D eigenvalue weighted by Gasteiger charge is -2.34. The van der Waals surface area contributed by atoms with Crippen molar-refractivity contribution in [2.45, 2.75) is 82.8 Å². The standard InChI is InChI=1S/C33H41N3O4S/c1-4-27-16-13-14-22-31(27)36(41(39,40)30-20-9-6-10-21-30)24-32(37)35(23-28-17-12-11-15-25(28)2)26(3)33(38)34-29-18-7-5-8-19-29/h6,9-17,20-22,26,29H,4-5,7-8,18-19,23-24H2,1-3H3,(H,34,38)/t26-/m1/s1. The van der Waals surface area contributed by atoms with E-state index in [1.807, 2.05) is 50.2 Å². The molecule has 3 aromatic carbocycles. The van der Waals surface area contributed by atoms with E-state index >= 15 is 0 Å². The molecular weight excluding hydrogens is 534 g/mol. The van der Waals surface area contributed by atoms with Gasteiger partial charge in [0.25, 0.3) is 10.0 Å². The molecule has 0 spiro atoms. The molecule has 0 radical (unpaired) electrons.